The second-order valence-electron chi connectivity index (χ2n) is 10.5. The number of carbonyl (C=O) groups is 2. The van der Waals surface area contributed by atoms with Crippen molar-refractivity contribution in [1.29, 1.82) is 0 Å². The number of carboxylic acids is 1. The van der Waals surface area contributed by atoms with E-state index in [0.29, 0.717) is 6.61 Å². The highest BCUT2D eigenvalue weighted by Gasteiger charge is 2.34. The van der Waals surface area contributed by atoms with E-state index in [2.05, 4.69) is 41.3 Å². The summed E-state index contributed by atoms with van der Waals surface area (Å²) in [5.74, 6) is -1.54. The fourth-order valence-corrected chi connectivity index (χ4v) is 5.84. The van der Waals surface area contributed by atoms with Crippen molar-refractivity contribution in [1.82, 2.24) is 4.90 Å². The van der Waals surface area contributed by atoms with Crippen LogP contribution in [-0.2, 0) is 16.0 Å². The molecule has 2 aliphatic rings. The van der Waals surface area contributed by atoms with Gasteiger partial charge in [-0.05, 0) is 91.2 Å². The second-order valence-corrected chi connectivity index (χ2v) is 10.5. The number of aliphatic hydroxyl groups excluding tert-OH is 2. The van der Waals surface area contributed by atoms with Crippen molar-refractivity contribution in [2.24, 2.45) is 0 Å². The van der Waals surface area contributed by atoms with Crippen LogP contribution in [0.4, 0.5) is 0 Å². The van der Waals surface area contributed by atoms with E-state index in [-0.39, 0.29) is 17.6 Å². The highest BCUT2D eigenvalue weighted by atomic mass is 16.6. The number of aliphatic hydroxyl groups is 2. The quantitative estimate of drug-likeness (QED) is 0.261. The van der Waals surface area contributed by atoms with Crippen LogP contribution in [0.15, 0.2) is 72.8 Å². The highest BCUT2D eigenvalue weighted by Crippen LogP contribution is 2.47. The van der Waals surface area contributed by atoms with Crippen LogP contribution in [0.5, 0.6) is 11.5 Å². The van der Waals surface area contributed by atoms with Crippen LogP contribution < -0.4 is 9.47 Å². The number of esters is 1. The van der Waals surface area contributed by atoms with Gasteiger partial charge in [-0.2, -0.15) is 0 Å². The van der Waals surface area contributed by atoms with Crippen molar-refractivity contribution >= 4 is 11.9 Å². The number of carboxylic acid groups (broad SMARTS) is 1. The van der Waals surface area contributed by atoms with Crippen LogP contribution >= 0.6 is 0 Å². The SMILES string of the molecule is O=C(O)[C@@H](O)[C@H](O)C(=O)Oc1ccc2c(c1)CC[C@H](c1ccc(OCCN3CCCC3)cc1)[C@@H]2c1ccccc1. The molecule has 1 fully saturated rings. The van der Waals surface area contributed by atoms with E-state index in [4.69, 9.17) is 14.6 Å². The molecule has 1 saturated heterocycles. The Balaban J connectivity index is 1.33. The molecular formula is C32H35NO7. The van der Waals surface area contributed by atoms with Crippen molar-refractivity contribution in [3.63, 3.8) is 0 Å². The second kappa shape index (κ2) is 12.6. The molecule has 1 heterocycles. The maximum Gasteiger partial charge on any atom is 0.343 e. The number of fused-ring (bicyclic) bond motifs is 1. The summed E-state index contributed by atoms with van der Waals surface area (Å²) in [7, 11) is 0. The summed E-state index contributed by atoms with van der Waals surface area (Å²) in [4.78, 5) is 25.5. The Morgan fingerprint density at radius 2 is 1.57 bits per heavy atom. The zero-order chi connectivity index (χ0) is 28.1. The van der Waals surface area contributed by atoms with Gasteiger partial charge in [-0.25, -0.2) is 9.59 Å². The van der Waals surface area contributed by atoms with Gasteiger partial charge in [0.25, 0.3) is 0 Å². The van der Waals surface area contributed by atoms with Crippen molar-refractivity contribution in [3.8, 4) is 11.5 Å². The van der Waals surface area contributed by atoms with Crippen LogP contribution in [0, 0.1) is 0 Å². The number of hydrogen-bond acceptors (Lipinski definition) is 7. The molecule has 1 aliphatic carbocycles. The van der Waals surface area contributed by atoms with Gasteiger partial charge in [0.05, 0.1) is 0 Å². The van der Waals surface area contributed by atoms with E-state index in [9.17, 15) is 19.8 Å². The van der Waals surface area contributed by atoms with Crippen LogP contribution in [0.3, 0.4) is 0 Å². The molecule has 210 valence electrons. The minimum absolute atomic E-state index is 0.0797. The maximum atomic E-state index is 12.2. The molecule has 3 aromatic carbocycles. The van der Waals surface area contributed by atoms with E-state index in [1.807, 2.05) is 24.3 Å². The van der Waals surface area contributed by atoms with Gasteiger partial charge in [0.2, 0.25) is 0 Å². The van der Waals surface area contributed by atoms with Crippen molar-refractivity contribution in [2.45, 2.75) is 49.7 Å². The number of carbonyl (C=O) groups excluding carboxylic acids is 1. The first-order chi connectivity index (χ1) is 19.4. The summed E-state index contributed by atoms with van der Waals surface area (Å²) in [6.45, 7) is 3.95. The molecule has 0 radical (unpaired) electrons. The van der Waals surface area contributed by atoms with Gasteiger partial charge in [-0.1, -0.05) is 48.5 Å². The number of aliphatic carboxylic acids is 1. The predicted molar refractivity (Wildman–Crippen MR) is 149 cm³/mol. The average Bonchev–Trinajstić information content (AvgIpc) is 3.50. The van der Waals surface area contributed by atoms with Gasteiger partial charge in [0.1, 0.15) is 18.1 Å². The minimum Gasteiger partial charge on any atom is -0.492 e. The molecule has 8 nitrogen and oxygen atoms in total. The third-order valence-corrected chi connectivity index (χ3v) is 7.93. The topological polar surface area (TPSA) is 117 Å². The van der Waals surface area contributed by atoms with Crippen molar-refractivity contribution < 1.29 is 34.4 Å². The van der Waals surface area contributed by atoms with Crippen LogP contribution in [0.25, 0.3) is 0 Å². The Morgan fingerprint density at radius 1 is 0.875 bits per heavy atom. The van der Waals surface area contributed by atoms with Gasteiger partial charge in [0.15, 0.2) is 12.2 Å². The molecule has 5 rings (SSSR count). The van der Waals surface area contributed by atoms with Crippen LogP contribution in [0.1, 0.15) is 53.4 Å². The van der Waals surface area contributed by atoms with Gasteiger partial charge in [-0.3, -0.25) is 4.90 Å². The summed E-state index contributed by atoms with van der Waals surface area (Å²) < 4.78 is 11.2. The monoisotopic (exact) mass is 545 g/mol. The lowest BCUT2D eigenvalue weighted by molar-refractivity contribution is -0.164. The zero-order valence-corrected chi connectivity index (χ0v) is 22.3. The fourth-order valence-electron chi connectivity index (χ4n) is 5.84. The normalized spacial score (nSPS) is 20.4. The lowest BCUT2D eigenvalue weighted by Gasteiger charge is -2.35. The molecule has 0 bridgehead atoms. The number of likely N-dealkylation sites (tertiary alicyclic amines) is 1. The number of ether oxygens (including phenoxy) is 2. The molecule has 0 spiro atoms. The molecule has 1 aliphatic heterocycles. The van der Waals surface area contributed by atoms with Crippen LogP contribution in [-0.4, -0.2) is 70.6 Å². The Bertz CT molecular complexity index is 1300. The van der Waals surface area contributed by atoms with Gasteiger partial charge < -0.3 is 24.8 Å². The Hall–Kier alpha value is -3.72. The molecule has 4 atom stereocenters. The fraction of sp³-hybridized carbons (Fsp3) is 0.375. The first kappa shape index (κ1) is 27.8. The third kappa shape index (κ3) is 6.36. The number of benzene rings is 3. The van der Waals surface area contributed by atoms with E-state index in [1.165, 1.54) is 24.0 Å². The lowest BCUT2D eigenvalue weighted by Crippen LogP contribution is -2.41. The lowest BCUT2D eigenvalue weighted by atomic mass is 9.69. The average molecular weight is 546 g/mol. The molecule has 0 aromatic heterocycles. The van der Waals surface area contributed by atoms with Gasteiger partial charge in [0, 0.05) is 12.5 Å². The van der Waals surface area contributed by atoms with E-state index in [0.717, 1.165) is 49.4 Å². The summed E-state index contributed by atoms with van der Waals surface area (Å²) in [6, 6.07) is 24.1. The maximum absolute atomic E-state index is 12.2. The summed E-state index contributed by atoms with van der Waals surface area (Å²) in [5.41, 5.74) is 4.56. The minimum atomic E-state index is -2.25. The largest absolute Gasteiger partial charge is 0.492 e. The summed E-state index contributed by atoms with van der Waals surface area (Å²) >= 11 is 0. The molecule has 8 heteroatoms. The molecule has 0 amide bonds. The van der Waals surface area contributed by atoms with Crippen molar-refractivity contribution in [2.75, 3.05) is 26.2 Å². The molecule has 0 unspecified atom stereocenters. The first-order valence-electron chi connectivity index (χ1n) is 13.8. The number of aryl methyl sites for hydroxylation is 1. The van der Waals surface area contributed by atoms with E-state index < -0.39 is 24.1 Å². The van der Waals surface area contributed by atoms with Gasteiger partial charge in [-0.15, -0.1) is 0 Å². The summed E-state index contributed by atoms with van der Waals surface area (Å²) in [6.07, 6.45) is -0.261. The standard InChI is InChI=1S/C32H35NO7/c34-29(31(36)37)30(35)32(38)40-25-13-15-27-23(20-25)10-14-26(28(27)22-6-2-1-3-7-22)21-8-11-24(12-9-21)39-19-18-33-16-4-5-17-33/h1-3,6-9,11-13,15,20,26,28-30,34-35H,4-5,10,14,16-19H2,(H,36,37)/t26-,28+,29+,30+/m1/s1. The number of nitrogens with zero attached hydrogens (tertiary/aromatic N) is 1. The Morgan fingerprint density at radius 3 is 2.27 bits per heavy atom. The van der Waals surface area contributed by atoms with E-state index in [1.54, 1.807) is 12.1 Å². The zero-order valence-electron chi connectivity index (χ0n) is 22.3. The number of hydrogen-bond donors (Lipinski definition) is 3. The molecule has 3 aromatic rings. The molecule has 3 N–H and O–H groups in total. The molecule has 0 saturated carbocycles. The Kier molecular flexibility index (Phi) is 8.79. The predicted octanol–water partition coefficient (Wildman–Crippen LogP) is 3.73. The highest BCUT2D eigenvalue weighted by molar-refractivity contribution is 5.85. The third-order valence-electron chi connectivity index (χ3n) is 7.93. The number of rotatable bonds is 10. The smallest absolute Gasteiger partial charge is 0.343 e. The van der Waals surface area contributed by atoms with Crippen LogP contribution in [0.2, 0.25) is 0 Å². The molecular weight excluding hydrogens is 510 g/mol. The first-order valence-corrected chi connectivity index (χ1v) is 13.8. The Labute approximate surface area is 233 Å². The van der Waals surface area contributed by atoms with Crippen molar-refractivity contribution in [3.05, 3.63) is 95.1 Å². The molecule has 40 heavy (non-hydrogen) atoms. The summed E-state index contributed by atoms with van der Waals surface area (Å²) in [5, 5.41) is 28.1. The van der Waals surface area contributed by atoms with E-state index >= 15 is 0 Å². The van der Waals surface area contributed by atoms with Gasteiger partial charge >= 0.3 is 11.9 Å².